The molecule has 5 heterocycles. The first-order valence-electron chi connectivity index (χ1n) is 7.17. The maximum Gasteiger partial charge on any atom is 0.472 e. The molecular weight excluding hydrogens is 341 g/mol. The van der Waals surface area contributed by atoms with Crippen LogP contribution in [0.25, 0.3) is 16.8 Å². The van der Waals surface area contributed by atoms with E-state index in [1.165, 1.54) is 6.33 Å². The molecule has 0 spiro atoms. The molecule has 2 N–H and O–H groups in total. The van der Waals surface area contributed by atoms with Gasteiger partial charge in [-0.25, -0.2) is 19.5 Å². The summed E-state index contributed by atoms with van der Waals surface area (Å²) >= 11 is 0. The Morgan fingerprint density at radius 3 is 3.00 bits per heavy atom. The second-order valence-corrected chi connectivity index (χ2v) is 7.02. The third-order valence-electron chi connectivity index (χ3n) is 4.19. The second kappa shape index (κ2) is 4.82. The lowest BCUT2D eigenvalue weighted by molar-refractivity contribution is -0.0664. The van der Waals surface area contributed by atoms with Gasteiger partial charge >= 0.3 is 7.82 Å². The lowest BCUT2D eigenvalue weighted by Gasteiger charge is -2.27. The van der Waals surface area contributed by atoms with E-state index in [1.54, 1.807) is 27.7 Å². The number of rotatable bonds is 1. The smallest absolute Gasteiger partial charge is 0.386 e. The van der Waals surface area contributed by atoms with Gasteiger partial charge in [0.15, 0.2) is 23.0 Å². The summed E-state index contributed by atoms with van der Waals surface area (Å²) in [7, 11) is -4.16. The minimum absolute atomic E-state index is 0.142. The molecule has 0 aromatic carbocycles. The highest BCUT2D eigenvalue weighted by atomic mass is 31.2. The van der Waals surface area contributed by atoms with Crippen LogP contribution in [0.3, 0.4) is 0 Å². The van der Waals surface area contributed by atoms with Crippen molar-refractivity contribution >= 4 is 24.6 Å². The number of imidazole rings is 2. The second-order valence-electron chi connectivity index (χ2n) is 5.62. The number of aromatic nitrogens is 5. The van der Waals surface area contributed by atoms with Crippen molar-refractivity contribution in [2.75, 3.05) is 6.61 Å². The summed E-state index contributed by atoms with van der Waals surface area (Å²) in [6, 6.07) is 0. The summed E-state index contributed by atoms with van der Waals surface area (Å²) in [5.74, 6) is 0. The molecular formula is C12H12N5O6P. The van der Waals surface area contributed by atoms with E-state index in [-0.39, 0.29) is 6.61 Å². The molecule has 3 aromatic heterocycles. The van der Waals surface area contributed by atoms with E-state index < -0.39 is 32.4 Å². The van der Waals surface area contributed by atoms with Crippen molar-refractivity contribution < 1.29 is 28.3 Å². The van der Waals surface area contributed by atoms with Crippen LogP contribution in [-0.2, 0) is 18.3 Å². The van der Waals surface area contributed by atoms with Crippen LogP contribution in [0, 0.1) is 0 Å². The quantitative estimate of drug-likeness (QED) is 0.573. The van der Waals surface area contributed by atoms with Crippen molar-refractivity contribution in [3.05, 3.63) is 25.0 Å². The minimum atomic E-state index is -4.16. The largest absolute Gasteiger partial charge is 0.472 e. The summed E-state index contributed by atoms with van der Waals surface area (Å²) in [5.41, 5.74) is 1.66. The van der Waals surface area contributed by atoms with E-state index in [4.69, 9.17) is 13.8 Å². The monoisotopic (exact) mass is 353 g/mol. The number of aliphatic hydroxyl groups is 1. The number of hydrogen-bond donors (Lipinski definition) is 2. The first kappa shape index (κ1) is 14.5. The zero-order chi connectivity index (χ0) is 16.5. The van der Waals surface area contributed by atoms with Crippen molar-refractivity contribution in [3.63, 3.8) is 0 Å². The Morgan fingerprint density at radius 1 is 1.25 bits per heavy atom. The normalized spacial score (nSPS) is 36.4. The predicted octanol–water partition coefficient (Wildman–Crippen LogP) is -0.147. The summed E-state index contributed by atoms with van der Waals surface area (Å²) in [4.78, 5) is 22.3. The summed E-state index contributed by atoms with van der Waals surface area (Å²) < 4.78 is 30.2. The molecule has 3 aromatic rings. The van der Waals surface area contributed by atoms with Crippen molar-refractivity contribution in [1.82, 2.24) is 23.9 Å². The predicted molar refractivity (Wildman–Crippen MR) is 76.8 cm³/mol. The highest BCUT2D eigenvalue weighted by Gasteiger charge is 2.52. The fraction of sp³-hybridized carbons (Fsp3) is 0.417. The first-order valence-corrected chi connectivity index (χ1v) is 8.66. The number of phosphoric ester groups is 1. The highest BCUT2D eigenvalue weighted by Crippen LogP contribution is 2.52. The number of hydrogen-bond acceptors (Lipinski definition) is 8. The molecule has 5 rings (SSSR count). The summed E-state index contributed by atoms with van der Waals surface area (Å²) in [6.07, 6.45) is 2.79. The van der Waals surface area contributed by atoms with Gasteiger partial charge in [0, 0.05) is 12.4 Å². The molecule has 0 saturated carbocycles. The van der Waals surface area contributed by atoms with Crippen LogP contribution in [0.1, 0.15) is 6.23 Å². The van der Waals surface area contributed by atoms with Crippen molar-refractivity contribution in [2.24, 2.45) is 0 Å². The molecule has 2 aliphatic rings. The maximum absolute atomic E-state index is 11.5. The topological polar surface area (TPSA) is 133 Å². The Bertz CT molecular complexity index is 987. The Kier molecular flexibility index (Phi) is 2.90. The molecule has 1 unspecified atom stereocenters. The third-order valence-corrected chi connectivity index (χ3v) is 5.18. The van der Waals surface area contributed by atoms with Gasteiger partial charge in [-0.05, 0) is 0 Å². The van der Waals surface area contributed by atoms with E-state index in [9.17, 15) is 14.6 Å². The SMILES string of the molecule is O=P1(O)OC[C@H]2O[C@@H](n3cnc4c3ncn3ccnc43)[C@H](O)[C@H]2O1. The van der Waals surface area contributed by atoms with Gasteiger partial charge in [-0.1, -0.05) is 0 Å². The van der Waals surface area contributed by atoms with Crippen LogP contribution in [-0.4, -0.2) is 58.8 Å². The number of phosphoric acid groups is 1. The summed E-state index contributed by atoms with van der Waals surface area (Å²) in [5, 5.41) is 10.5. The van der Waals surface area contributed by atoms with E-state index in [1.807, 2.05) is 0 Å². The first-order chi connectivity index (χ1) is 11.5. The average Bonchev–Trinajstić information content (AvgIpc) is 3.23. The fourth-order valence-electron chi connectivity index (χ4n) is 3.10. The number of fused-ring (bicyclic) bond motifs is 4. The molecule has 2 saturated heterocycles. The van der Waals surface area contributed by atoms with Gasteiger partial charge in [0.1, 0.15) is 24.6 Å². The van der Waals surface area contributed by atoms with E-state index in [0.29, 0.717) is 16.8 Å². The Hall–Kier alpha value is -1.88. The van der Waals surface area contributed by atoms with Crippen LogP contribution in [0.15, 0.2) is 25.0 Å². The molecule has 11 nitrogen and oxygen atoms in total. The number of ether oxygens (including phenoxy) is 1. The van der Waals surface area contributed by atoms with Crippen molar-refractivity contribution in [2.45, 2.75) is 24.5 Å². The zero-order valence-electron chi connectivity index (χ0n) is 12.0. The maximum atomic E-state index is 11.5. The van der Waals surface area contributed by atoms with Crippen LogP contribution < -0.4 is 0 Å². The molecule has 0 aliphatic carbocycles. The number of aliphatic hydroxyl groups excluding tert-OH is 1. The van der Waals surface area contributed by atoms with Gasteiger partial charge < -0.3 is 14.7 Å². The fourth-order valence-corrected chi connectivity index (χ4v) is 4.06. The average molecular weight is 353 g/mol. The van der Waals surface area contributed by atoms with Gasteiger partial charge in [0.2, 0.25) is 0 Å². The molecule has 2 fully saturated rings. The molecule has 2 aliphatic heterocycles. The van der Waals surface area contributed by atoms with Gasteiger partial charge in [0.25, 0.3) is 0 Å². The lowest BCUT2D eigenvalue weighted by Crippen LogP contribution is -2.39. The van der Waals surface area contributed by atoms with Crippen molar-refractivity contribution in [3.8, 4) is 0 Å². The van der Waals surface area contributed by atoms with Crippen molar-refractivity contribution in [1.29, 1.82) is 0 Å². The van der Waals surface area contributed by atoms with E-state index in [2.05, 4.69) is 15.0 Å². The minimum Gasteiger partial charge on any atom is -0.386 e. The molecule has 0 radical (unpaired) electrons. The molecule has 5 atom stereocenters. The van der Waals surface area contributed by atoms with Crippen LogP contribution in [0.5, 0.6) is 0 Å². The van der Waals surface area contributed by atoms with Gasteiger partial charge in [0.05, 0.1) is 12.9 Å². The lowest BCUT2D eigenvalue weighted by atomic mass is 10.1. The van der Waals surface area contributed by atoms with Crippen LogP contribution >= 0.6 is 7.82 Å². The molecule has 0 amide bonds. The zero-order valence-corrected chi connectivity index (χ0v) is 12.9. The Balaban J connectivity index is 1.57. The van der Waals surface area contributed by atoms with Gasteiger partial charge in [-0.3, -0.25) is 18.0 Å². The Labute approximate surface area is 134 Å². The van der Waals surface area contributed by atoms with E-state index >= 15 is 0 Å². The molecule has 12 heteroatoms. The summed E-state index contributed by atoms with van der Waals surface area (Å²) in [6.45, 7) is -0.142. The van der Waals surface area contributed by atoms with Crippen LogP contribution in [0.2, 0.25) is 0 Å². The van der Waals surface area contributed by atoms with E-state index in [0.717, 1.165) is 0 Å². The molecule has 24 heavy (non-hydrogen) atoms. The van der Waals surface area contributed by atoms with Gasteiger partial charge in [-0.15, -0.1) is 0 Å². The number of nitrogens with zero attached hydrogens (tertiary/aromatic N) is 5. The third kappa shape index (κ3) is 1.97. The molecule has 126 valence electrons. The van der Waals surface area contributed by atoms with Crippen LogP contribution in [0.4, 0.5) is 0 Å². The highest BCUT2D eigenvalue weighted by molar-refractivity contribution is 7.47. The molecule has 0 bridgehead atoms. The standard InChI is InChI=1S/C12H12N5O6P/c18-8-9-6(3-21-24(19,20)23-9)22-12(8)17-5-14-7-10-13-1-2-16(10)4-15-11(7)17/h1-2,4-6,8-9,12,18H,3H2,(H,19,20)/t6-,8-,9+,12-/m1/s1. The van der Waals surface area contributed by atoms with Gasteiger partial charge in [-0.2, -0.15) is 0 Å². The Morgan fingerprint density at radius 2 is 2.12 bits per heavy atom.